The maximum Gasteiger partial charge on any atom is 0.277 e. The van der Waals surface area contributed by atoms with Crippen molar-refractivity contribution >= 4 is 28.1 Å². The highest BCUT2D eigenvalue weighted by molar-refractivity contribution is 9.10. The molecule has 0 fully saturated rings. The molecule has 1 N–H and O–H groups in total. The average Bonchev–Trinajstić information content (AvgIpc) is 3.15. The van der Waals surface area contributed by atoms with E-state index in [1.54, 1.807) is 25.5 Å². The van der Waals surface area contributed by atoms with Gasteiger partial charge in [0, 0.05) is 16.4 Å². The van der Waals surface area contributed by atoms with E-state index >= 15 is 0 Å². The Bertz CT molecular complexity index is 936. The number of hydrazone groups is 1. The molecule has 0 saturated heterocycles. The number of aromatic nitrogens is 1. The van der Waals surface area contributed by atoms with Crippen LogP contribution in [0.4, 0.5) is 0 Å². The van der Waals surface area contributed by atoms with Gasteiger partial charge in [0.05, 0.1) is 19.0 Å². The lowest BCUT2D eigenvalue weighted by Crippen LogP contribution is -2.24. The van der Waals surface area contributed by atoms with Crippen LogP contribution in [0.5, 0.6) is 11.5 Å². The van der Waals surface area contributed by atoms with Crippen molar-refractivity contribution in [3.05, 3.63) is 77.0 Å². The maximum absolute atomic E-state index is 11.9. The number of hydrogen-bond donors (Lipinski definition) is 1. The number of methoxy groups -OCH3 is 1. The fraction of sp³-hybridized carbons (Fsp3) is 0.100. The summed E-state index contributed by atoms with van der Waals surface area (Å²) >= 11 is 3.42. The first-order chi connectivity index (χ1) is 13.2. The number of nitrogens with zero attached hydrogens (tertiary/aromatic N) is 2. The van der Waals surface area contributed by atoms with E-state index in [9.17, 15) is 4.79 Å². The fourth-order valence-corrected chi connectivity index (χ4v) is 2.68. The highest BCUT2D eigenvalue weighted by atomic mass is 79.9. The van der Waals surface area contributed by atoms with Crippen LogP contribution in [0.2, 0.25) is 0 Å². The molecule has 1 amide bonds. The summed E-state index contributed by atoms with van der Waals surface area (Å²) in [6, 6.07) is 18.9. The minimum Gasteiger partial charge on any atom is -0.493 e. The number of amides is 1. The molecule has 138 valence electrons. The normalized spacial score (nSPS) is 10.7. The SMILES string of the molecule is COc1ccccc1OCC(=O)N/N=C/c1cccn1-c1ccc(Br)cc1. The molecule has 0 aliphatic heterocycles. The number of para-hydroxylation sites is 2. The van der Waals surface area contributed by atoms with Crippen LogP contribution < -0.4 is 14.9 Å². The molecule has 0 atom stereocenters. The van der Waals surface area contributed by atoms with E-state index in [0.717, 1.165) is 15.9 Å². The van der Waals surface area contributed by atoms with Crippen LogP contribution >= 0.6 is 15.9 Å². The second kappa shape index (κ2) is 9.05. The number of halogens is 1. The second-order valence-electron chi connectivity index (χ2n) is 5.51. The molecule has 1 heterocycles. The van der Waals surface area contributed by atoms with E-state index in [-0.39, 0.29) is 12.5 Å². The fourth-order valence-electron chi connectivity index (χ4n) is 2.42. The smallest absolute Gasteiger partial charge is 0.277 e. The predicted octanol–water partition coefficient (Wildman–Crippen LogP) is 3.78. The molecule has 0 unspecified atom stereocenters. The molecule has 1 aromatic heterocycles. The van der Waals surface area contributed by atoms with Crippen molar-refractivity contribution in [3.63, 3.8) is 0 Å². The Hall–Kier alpha value is -3.06. The Morgan fingerprint density at radius 3 is 2.59 bits per heavy atom. The number of hydrogen-bond acceptors (Lipinski definition) is 4. The lowest BCUT2D eigenvalue weighted by Gasteiger charge is -2.09. The topological polar surface area (TPSA) is 64.8 Å². The molecule has 7 heteroatoms. The van der Waals surface area contributed by atoms with Gasteiger partial charge in [0.2, 0.25) is 0 Å². The molecule has 0 aliphatic carbocycles. The van der Waals surface area contributed by atoms with Crippen molar-refractivity contribution in [3.8, 4) is 17.2 Å². The van der Waals surface area contributed by atoms with E-state index in [4.69, 9.17) is 9.47 Å². The molecular formula is C20H18BrN3O3. The Morgan fingerprint density at radius 1 is 1.11 bits per heavy atom. The quantitative estimate of drug-likeness (QED) is 0.460. The number of carbonyl (C=O) groups excluding carboxylic acids is 1. The maximum atomic E-state index is 11.9. The summed E-state index contributed by atoms with van der Waals surface area (Å²) in [5.74, 6) is 0.711. The van der Waals surface area contributed by atoms with Crippen LogP contribution in [0.15, 0.2) is 76.4 Å². The van der Waals surface area contributed by atoms with Crippen LogP contribution in [0.25, 0.3) is 5.69 Å². The van der Waals surface area contributed by atoms with Gasteiger partial charge in [-0.25, -0.2) is 5.43 Å². The molecule has 0 radical (unpaired) electrons. The molecule has 2 aromatic carbocycles. The zero-order valence-electron chi connectivity index (χ0n) is 14.6. The first-order valence-electron chi connectivity index (χ1n) is 8.18. The Kier molecular flexibility index (Phi) is 6.27. The standard InChI is InChI=1S/C20H18BrN3O3/c1-26-18-6-2-3-7-19(18)27-14-20(25)23-22-13-17-5-4-12-24(17)16-10-8-15(21)9-11-16/h2-13H,14H2,1H3,(H,23,25)/b22-13+. The minimum atomic E-state index is -0.362. The van der Waals surface area contributed by atoms with Crippen molar-refractivity contribution < 1.29 is 14.3 Å². The lowest BCUT2D eigenvalue weighted by molar-refractivity contribution is -0.123. The van der Waals surface area contributed by atoms with Crippen molar-refractivity contribution in [1.29, 1.82) is 0 Å². The molecule has 27 heavy (non-hydrogen) atoms. The first kappa shape index (κ1) is 18.7. The van der Waals surface area contributed by atoms with Gasteiger partial charge in [-0.3, -0.25) is 4.79 Å². The zero-order chi connectivity index (χ0) is 19.1. The number of rotatable bonds is 7. The summed E-state index contributed by atoms with van der Waals surface area (Å²) in [6.45, 7) is -0.161. The summed E-state index contributed by atoms with van der Waals surface area (Å²) in [6.07, 6.45) is 3.51. The lowest BCUT2D eigenvalue weighted by atomic mass is 10.3. The summed E-state index contributed by atoms with van der Waals surface area (Å²) in [5.41, 5.74) is 4.29. The van der Waals surface area contributed by atoms with E-state index in [2.05, 4.69) is 26.5 Å². The van der Waals surface area contributed by atoms with E-state index < -0.39 is 0 Å². The van der Waals surface area contributed by atoms with Crippen LogP contribution in [-0.4, -0.2) is 30.4 Å². The highest BCUT2D eigenvalue weighted by Crippen LogP contribution is 2.25. The van der Waals surface area contributed by atoms with E-state index in [1.807, 2.05) is 59.3 Å². The third-order valence-electron chi connectivity index (χ3n) is 3.70. The van der Waals surface area contributed by atoms with E-state index in [1.165, 1.54) is 0 Å². The van der Waals surface area contributed by atoms with Crippen molar-refractivity contribution in [2.24, 2.45) is 5.10 Å². The molecule has 3 rings (SSSR count). The summed E-state index contributed by atoms with van der Waals surface area (Å²) in [7, 11) is 1.55. The van der Waals surface area contributed by atoms with Crippen molar-refractivity contribution in [2.75, 3.05) is 13.7 Å². The third-order valence-corrected chi connectivity index (χ3v) is 4.23. The third kappa shape index (κ3) is 4.98. The molecule has 0 spiro atoms. The van der Waals surface area contributed by atoms with Gasteiger partial charge in [0.1, 0.15) is 0 Å². The van der Waals surface area contributed by atoms with Gasteiger partial charge in [0.25, 0.3) is 5.91 Å². The van der Waals surface area contributed by atoms with Gasteiger partial charge in [-0.2, -0.15) is 5.10 Å². The van der Waals surface area contributed by atoms with Gasteiger partial charge in [0.15, 0.2) is 18.1 Å². The molecular weight excluding hydrogens is 410 g/mol. The second-order valence-corrected chi connectivity index (χ2v) is 6.43. The monoisotopic (exact) mass is 427 g/mol. The van der Waals surface area contributed by atoms with E-state index in [0.29, 0.717) is 11.5 Å². The Labute approximate surface area is 165 Å². The van der Waals surface area contributed by atoms with Crippen LogP contribution in [0.1, 0.15) is 5.69 Å². The molecule has 6 nitrogen and oxygen atoms in total. The highest BCUT2D eigenvalue weighted by Gasteiger charge is 2.06. The van der Waals surface area contributed by atoms with Gasteiger partial charge in [-0.15, -0.1) is 0 Å². The van der Waals surface area contributed by atoms with Crippen LogP contribution in [0, 0.1) is 0 Å². The summed E-state index contributed by atoms with van der Waals surface area (Å²) in [4.78, 5) is 11.9. The Balaban J connectivity index is 1.57. The van der Waals surface area contributed by atoms with Crippen LogP contribution in [0.3, 0.4) is 0 Å². The zero-order valence-corrected chi connectivity index (χ0v) is 16.2. The number of nitrogens with one attached hydrogen (secondary N) is 1. The van der Waals surface area contributed by atoms with Crippen molar-refractivity contribution in [1.82, 2.24) is 9.99 Å². The molecule has 0 aliphatic rings. The molecule has 3 aromatic rings. The predicted molar refractivity (Wildman–Crippen MR) is 108 cm³/mol. The van der Waals surface area contributed by atoms with Gasteiger partial charge >= 0.3 is 0 Å². The van der Waals surface area contributed by atoms with Gasteiger partial charge < -0.3 is 14.0 Å². The summed E-state index contributed by atoms with van der Waals surface area (Å²) < 4.78 is 13.6. The molecule has 0 bridgehead atoms. The first-order valence-corrected chi connectivity index (χ1v) is 8.97. The number of carbonyl (C=O) groups is 1. The number of ether oxygens (including phenoxy) is 2. The molecule has 0 saturated carbocycles. The number of benzene rings is 2. The largest absolute Gasteiger partial charge is 0.493 e. The van der Waals surface area contributed by atoms with Gasteiger partial charge in [-0.1, -0.05) is 28.1 Å². The Morgan fingerprint density at radius 2 is 1.85 bits per heavy atom. The van der Waals surface area contributed by atoms with Crippen molar-refractivity contribution in [2.45, 2.75) is 0 Å². The average molecular weight is 428 g/mol. The van der Waals surface area contributed by atoms with Gasteiger partial charge in [-0.05, 0) is 48.5 Å². The minimum absolute atomic E-state index is 0.161. The summed E-state index contributed by atoms with van der Waals surface area (Å²) in [5, 5.41) is 4.01. The van der Waals surface area contributed by atoms with Crippen LogP contribution in [-0.2, 0) is 4.79 Å².